The Morgan fingerprint density at radius 2 is 2.36 bits per heavy atom. The number of thiazole rings is 1. The lowest BCUT2D eigenvalue weighted by atomic mass is 10.0. The molecule has 0 spiro atoms. The van der Waals surface area contributed by atoms with Crippen LogP contribution in [0.4, 0.5) is 0 Å². The van der Waals surface area contributed by atoms with Gasteiger partial charge in [-0.05, 0) is 19.3 Å². The Morgan fingerprint density at radius 3 is 2.86 bits per heavy atom. The largest absolute Gasteiger partial charge is 0.387 e. The van der Waals surface area contributed by atoms with Crippen LogP contribution in [0.2, 0.25) is 0 Å². The van der Waals surface area contributed by atoms with Crippen LogP contribution in [0.15, 0.2) is 6.20 Å². The third-order valence-corrected chi connectivity index (χ3v) is 3.23. The maximum absolute atomic E-state index is 9.94. The highest BCUT2D eigenvalue weighted by Crippen LogP contribution is 2.28. The fourth-order valence-corrected chi connectivity index (χ4v) is 2.16. The van der Waals surface area contributed by atoms with Gasteiger partial charge in [0, 0.05) is 19.9 Å². The predicted molar refractivity (Wildman–Crippen MR) is 57.5 cm³/mol. The van der Waals surface area contributed by atoms with Crippen molar-refractivity contribution in [3.05, 3.63) is 16.1 Å². The number of hydrogen-bond donors (Lipinski definition) is 1. The van der Waals surface area contributed by atoms with Crippen molar-refractivity contribution in [2.45, 2.75) is 26.4 Å². The third-order valence-electron chi connectivity index (χ3n) is 2.25. The average molecular weight is 215 g/mol. The first-order chi connectivity index (χ1) is 6.65. The SMILES string of the molecule is COCCC(C)C(O)c1cnc(C)s1. The van der Waals surface area contributed by atoms with Crippen LogP contribution in [0, 0.1) is 12.8 Å². The Labute approximate surface area is 88.8 Å². The molecule has 80 valence electrons. The summed E-state index contributed by atoms with van der Waals surface area (Å²) in [7, 11) is 1.68. The van der Waals surface area contributed by atoms with E-state index in [1.165, 1.54) is 0 Å². The fraction of sp³-hybridized carbons (Fsp3) is 0.700. The molecular weight excluding hydrogens is 198 g/mol. The van der Waals surface area contributed by atoms with Crippen molar-refractivity contribution in [3.63, 3.8) is 0 Å². The van der Waals surface area contributed by atoms with Gasteiger partial charge in [0.15, 0.2) is 0 Å². The number of aryl methyl sites for hydroxylation is 1. The number of nitrogens with zero attached hydrogens (tertiary/aromatic N) is 1. The van der Waals surface area contributed by atoms with E-state index in [0.29, 0.717) is 6.61 Å². The number of aliphatic hydroxyl groups excluding tert-OH is 1. The summed E-state index contributed by atoms with van der Waals surface area (Å²) in [4.78, 5) is 5.08. The minimum atomic E-state index is -0.406. The second kappa shape index (κ2) is 5.44. The molecule has 1 N–H and O–H groups in total. The van der Waals surface area contributed by atoms with Crippen LogP contribution in [0.1, 0.15) is 29.3 Å². The van der Waals surface area contributed by atoms with Crippen LogP contribution >= 0.6 is 11.3 Å². The predicted octanol–water partition coefficient (Wildman–Crippen LogP) is 2.16. The Bertz CT molecular complexity index is 275. The minimum absolute atomic E-state index is 0.217. The molecule has 1 aromatic heterocycles. The van der Waals surface area contributed by atoms with Crippen LogP contribution in [-0.2, 0) is 4.74 Å². The number of aromatic nitrogens is 1. The molecule has 4 heteroatoms. The topological polar surface area (TPSA) is 42.4 Å². The van der Waals surface area contributed by atoms with Gasteiger partial charge in [-0.25, -0.2) is 4.98 Å². The monoisotopic (exact) mass is 215 g/mol. The lowest BCUT2D eigenvalue weighted by Crippen LogP contribution is -2.10. The van der Waals surface area contributed by atoms with Crippen molar-refractivity contribution in [1.82, 2.24) is 4.98 Å². The number of hydrogen-bond acceptors (Lipinski definition) is 4. The van der Waals surface area contributed by atoms with Crippen LogP contribution in [0.5, 0.6) is 0 Å². The Morgan fingerprint density at radius 1 is 1.64 bits per heavy atom. The van der Waals surface area contributed by atoms with Gasteiger partial charge in [-0.1, -0.05) is 6.92 Å². The first kappa shape index (κ1) is 11.6. The summed E-state index contributed by atoms with van der Waals surface area (Å²) in [6.45, 7) is 4.66. The molecule has 1 heterocycles. The van der Waals surface area contributed by atoms with Gasteiger partial charge in [0.25, 0.3) is 0 Å². The number of methoxy groups -OCH3 is 1. The second-order valence-corrected chi connectivity index (χ2v) is 4.75. The van der Waals surface area contributed by atoms with E-state index in [9.17, 15) is 5.11 Å². The molecule has 1 aromatic rings. The van der Waals surface area contributed by atoms with Gasteiger partial charge in [0.2, 0.25) is 0 Å². The molecule has 0 amide bonds. The first-order valence-corrected chi connectivity index (χ1v) is 5.56. The molecule has 2 atom stereocenters. The van der Waals surface area contributed by atoms with Crippen LogP contribution < -0.4 is 0 Å². The van der Waals surface area contributed by atoms with Crippen molar-refractivity contribution in [2.75, 3.05) is 13.7 Å². The molecule has 0 aromatic carbocycles. The van der Waals surface area contributed by atoms with Gasteiger partial charge in [-0.2, -0.15) is 0 Å². The lowest BCUT2D eigenvalue weighted by Gasteiger charge is -2.16. The third kappa shape index (κ3) is 3.04. The van der Waals surface area contributed by atoms with Crippen molar-refractivity contribution in [2.24, 2.45) is 5.92 Å². The minimum Gasteiger partial charge on any atom is -0.387 e. The molecule has 2 unspecified atom stereocenters. The summed E-state index contributed by atoms with van der Waals surface area (Å²) in [5.74, 6) is 0.217. The molecule has 0 aliphatic carbocycles. The molecular formula is C10H17NO2S. The second-order valence-electron chi connectivity index (χ2n) is 3.49. The standard InChI is InChI=1S/C10H17NO2S/c1-7(4-5-13-3)10(12)9-6-11-8(2)14-9/h6-7,10,12H,4-5H2,1-3H3. The van der Waals surface area contributed by atoms with E-state index in [-0.39, 0.29) is 5.92 Å². The van der Waals surface area contributed by atoms with Crippen LogP contribution in [-0.4, -0.2) is 23.8 Å². The van der Waals surface area contributed by atoms with E-state index in [4.69, 9.17) is 4.74 Å². The van der Waals surface area contributed by atoms with Crippen molar-refractivity contribution in [1.29, 1.82) is 0 Å². The maximum atomic E-state index is 9.94. The Balaban J connectivity index is 2.51. The fourth-order valence-electron chi connectivity index (χ4n) is 1.26. The summed E-state index contributed by atoms with van der Waals surface area (Å²) >= 11 is 1.56. The summed E-state index contributed by atoms with van der Waals surface area (Å²) in [6.07, 6.45) is 2.22. The summed E-state index contributed by atoms with van der Waals surface area (Å²) < 4.78 is 4.98. The normalized spacial score (nSPS) is 15.4. The molecule has 1 rings (SSSR count). The molecule has 0 aliphatic heterocycles. The number of ether oxygens (including phenoxy) is 1. The molecule has 0 bridgehead atoms. The first-order valence-electron chi connectivity index (χ1n) is 4.74. The smallest absolute Gasteiger partial charge is 0.0924 e. The van der Waals surface area contributed by atoms with Gasteiger partial charge in [0.05, 0.1) is 16.0 Å². The Hall–Kier alpha value is -0.450. The van der Waals surface area contributed by atoms with E-state index in [1.54, 1.807) is 24.6 Å². The van der Waals surface area contributed by atoms with E-state index in [0.717, 1.165) is 16.3 Å². The van der Waals surface area contributed by atoms with Crippen LogP contribution in [0.25, 0.3) is 0 Å². The summed E-state index contributed by atoms with van der Waals surface area (Å²) in [6, 6.07) is 0. The molecule has 0 saturated heterocycles. The molecule has 0 radical (unpaired) electrons. The lowest BCUT2D eigenvalue weighted by molar-refractivity contribution is 0.0910. The summed E-state index contributed by atoms with van der Waals surface area (Å²) in [5, 5.41) is 10.9. The van der Waals surface area contributed by atoms with Crippen molar-refractivity contribution in [3.8, 4) is 0 Å². The van der Waals surface area contributed by atoms with Crippen molar-refractivity contribution >= 4 is 11.3 Å². The summed E-state index contributed by atoms with van der Waals surface area (Å²) in [5.41, 5.74) is 0. The molecule has 3 nitrogen and oxygen atoms in total. The molecule has 14 heavy (non-hydrogen) atoms. The highest BCUT2D eigenvalue weighted by atomic mass is 32.1. The van der Waals surface area contributed by atoms with Gasteiger partial charge in [0.1, 0.15) is 0 Å². The van der Waals surface area contributed by atoms with E-state index in [1.807, 2.05) is 13.8 Å². The maximum Gasteiger partial charge on any atom is 0.0924 e. The van der Waals surface area contributed by atoms with E-state index < -0.39 is 6.10 Å². The zero-order valence-electron chi connectivity index (χ0n) is 8.86. The van der Waals surface area contributed by atoms with Gasteiger partial charge in [-0.3, -0.25) is 0 Å². The van der Waals surface area contributed by atoms with Gasteiger partial charge >= 0.3 is 0 Å². The zero-order chi connectivity index (χ0) is 10.6. The zero-order valence-corrected chi connectivity index (χ0v) is 9.67. The molecule has 0 aliphatic rings. The highest BCUT2D eigenvalue weighted by molar-refractivity contribution is 7.11. The Kier molecular flexibility index (Phi) is 4.51. The number of aliphatic hydroxyl groups is 1. The average Bonchev–Trinajstić information content (AvgIpc) is 2.60. The molecule has 0 saturated carbocycles. The van der Waals surface area contributed by atoms with Crippen molar-refractivity contribution < 1.29 is 9.84 Å². The van der Waals surface area contributed by atoms with Crippen LogP contribution in [0.3, 0.4) is 0 Å². The highest BCUT2D eigenvalue weighted by Gasteiger charge is 2.17. The van der Waals surface area contributed by atoms with Gasteiger partial charge in [-0.15, -0.1) is 11.3 Å². The quantitative estimate of drug-likeness (QED) is 0.818. The molecule has 0 fully saturated rings. The van der Waals surface area contributed by atoms with Gasteiger partial charge < -0.3 is 9.84 Å². The number of rotatable bonds is 5. The van der Waals surface area contributed by atoms with E-state index >= 15 is 0 Å². The van der Waals surface area contributed by atoms with E-state index in [2.05, 4.69) is 4.98 Å².